The number of aliphatic hydroxyl groups is 1. The van der Waals surface area contributed by atoms with E-state index in [0.29, 0.717) is 13.2 Å². The minimum absolute atomic E-state index is 0.390. The molecule has 0 spiro atoms. The number of hydrogen-bond acceptors (Lipinski definition) is 3. The van der Waals surface area contributed by atoms with Gasteiger partial charge >= 0.3 is 0 Å². The molecule has 1 fully saturated rings. The van der Waals surface area contributed by atoms with Crippen molar-refractivity contribution in [1.82, 2.24) is 0 Å². The Morgan fingerprint density at radius 1 is 1.44 bits per heavy atom. The maximum Gasteiger partial charge on any atom is 0.183 e. The summed E-state index contributed by atoms with van der Waals surface area (Å²) in [5, 5.41) is 8.93. The highest BCUT2D eigenvalue weighted by Crippen LogP contribution is 2.07. The predicted molar refractivity (Wildman–Crippen MR) is 32.0 cm³/mol. The molecule has 1 atom stereocenters. The van der Waals surface area contributed by atoms with Crippen LogP contribution in [0.4, 0.5) is 0 Å². The van der Waals surface area contributed by atoms with Crippen LogP contribution in [-0.4, -0.2) is 30.7 Å². The minimum Gasteiger partial charge on any atom is -0.388 e. The summed E-state index contributed by atoms with van der Waals surface area (Å²) in [5.41, 5.74) is 0. The third kappa shape index (κ3) is 1.93. The van der Waals surface area contributed by atoms with Crippen LogP contribution in [0, 0.1) is 0 Å². The van der Waals surface area contributed by atoms with E-state index < -0.39 is 12.4 Å². The summed E-state index contributed by atoms with van der Waals surface area (Å²) in [6, 6.07) is 0. The number of hydrogen-bond donors (Lipinski definition) is 1. The lowest BCUT2D eigenvalue weighted by molar-refractivity contribution is -0.218. The first kappa shape index (κ1) is 6.99. The summed E-state index contributed by atoms with van der Waals surface area (Å²) >= 11 is 0. The van der Waals surface area contributed by atoms with E-state index in [1.807, 2.05) is 0 Å². The Morgan fingerprint density at radius 3 is 2.33 bits per heavy atom. The molecule has 1 heterocycles. The molecule has 3 nitrogen and oxygen atoms in total. The van der Waals surface area contributed by atoms with Gasteiger partial charge in [0, 0.05) is 0 Å². The molecule has 1 rings (SSSR count). The van der Waals surface area contributed by atoms with E-state index in [2.05, 4.69) is 0 Å². The predicted octanol–water partition coefficient (Wildman–Crippen LogP) is 0.130. The summed E-state index contributed by atoms with van der Waals surface area (Å²) in [4.78, 5) is 0. The van der Waals surface area contributed by atoms with Crippen LogP contribution in [-0.2, 0) is 9.47 Å². The van der Waals surface area contributed by atoms with Gasteiger partial charge in [-0.05, 0) is 13.3 Å². The van der Waals surface area contributed by atoms with Crippen molar-refractivity contribution >= 4 is 0 Å². The molecule has 0 aliphatic carbocycles. The normalized spacial score (nSPS) is 26.0. The van der Waals surface area contributed by atoms with Crippen LogP contribution in [0.3, 0.4) is 0 Å². The highest BCUT2D eigenvalue weighted by atomic mass is 16.7. The topological polar surface area (TPSA) is 38.7 Å². The molecule has 0 bridgehead atoms. The first-order chi connectivity index (χ1) is 4.30. The molecule has 9 heavy (non-hydrogen) atoms. The molecule has 1 unspecified atom stereocenters. The fraction of sp³-hybridized carbons (Fsp3) is 1.00. The average Bonchev–Trinajstić information content (AvgIpc) is 1.90. The lowest BCUT2D eigenvalue weighted by Crippen LogP contribution is -2.33. The number of aliphatic hydroxyl groups excluding tert-OH is 1. The molecule has 0 aromatic carbocycles. The Bertz CT molecular complexity index is 76.4. The van der Waals surface area contributed by atoms with Gasteiger partial charge in [-0.3, -0.25) is 0 Å². The molecule has 0 aromatic rings. The van der Waals surface area contributed by atoms with E-state index in [0.717, 1.165) is 6.42 Å². The van der Waals surface area contributed by atoms with Gasteiger partial charge in [-0.2, -0.15) is 0 Å². The second-order valence-corrected chi connectivity index (χ2v) is 2.20. The Hall–Kier alpha value is -0.120. The SMILES string of the molecule is CC(O)C1OCCCO1. The molecule has 0 amide bonds. The van der Waals surface area contributed by atoms with Crippen LogP contribution in [0.1, 0.15) is 13.3 Å². The highest BCUT2D eigenvalue weighted by Gasteiger charge is 2.18. The van der Waals surface area contributed by atoms with E-state index >= 15 is 0 Å². The van der Waals surface area contributed by atoms with Crippen molar-refractivity contribution in [3.05, 3.63) is 0 Å². The third-order valence-corrected chi connectivity index (χ3v) is 1.25. The summed E-state index contributed by atoms with van der Waals surface area (Å²) in [6.45, 7) is 3.07. The molecule has 54 valence electrons. The van der Waals surface area contributed by atoms with Crippen LogP contribution in [0.25, 0.3) is 0 Å². The van der Waals surface area contributed by atoms with Gasteiger partial charge in [0.25, 0.3) is 0 Å². The highest BCUT2D eigenvalue weighted by molar-refractivity contribution is 4.56. The Morgan fingerprint density at radius 2 is 2.00 bits per heavy atom. The number of ether oxygens (including phenoxy) is 2. The van der Waals surface area contributed by atoms with Gasteiger partial charge in [0.15, 0.2) is 6.29 Å². The Balaban J connectivity index is 2.23. The largest absolute Gasteiger partial charge is 0.388 e. The van der Waals surface area contributed by atoms with E-state index in [4.69, 9.17) is 14.6 Å². The standard InChI is InChI=1S/C6H12O3/c1-5(7)6-8-3-2-4-9-6/h5-7H,2-4H2,1H3. The van der Waals surface area contributed by atoms with Gasteiger partial charge in [-0.25, -0.2) is 0 Å². The first-order valence-corrected chi connectivity index (χ1v) is 3.22. The molecule has 0 saturated carbocycles. The van der Waals surface area contributed by atoms with Crippen molar-refractivity contribution in [3.8, 4) is 0 Å². The fourth-order valence-corrected chi connectivity index (χ4v) is 0.785. The summed E-state index contributed by atoms with van der Waals surface area (Å²) in [7, 11) is 0. The molecule has 0 radical (unpaired) electrons. The average molecular weight is 132 g/mol. The molecular formula is C6H12O3. The van der Waals surface area contributed by atoms with Crippen molar-refractivity contribution < 1.29 is 14.6 Å². The summed E-state index contributed by atoms with van der Waals surface area (Å²) in [6.07, 6.45) is 0.0347. The zero-order valence-corrected chi connectivity index (χ0v) is 5.54. The quantitative estimate of drug-likeness (QED) is 0.551. The summed E-state index contributed by atoms with van der Waals surface area (Å²) in [5.74, 6) is 0. The molecule has 0 aromatic heterocycles. The monoisotopic (exact) mass is 132 g/mol. The van der Waals surface area contributed by atoms with Gasteiger partial charge in [0.2, 0.25) is 0 Å². The lowest BCUT2D eigenvalue weighted by Gasteiger charge is -2.24. The van der Waals surface area contributed by atoms with Crippen molar-refractivity contribution in [3.63, 3.8) is 0 Å². The zero-order chi connectivity index (χ0) is 6.69. The van der Waals surface area contributed by atoms with E-state index in [1.165, 1.54) is 0 Å². The third-order valence-electron chi connectivity index (χ3n) is 1.25. The molecule has 1 aliphatic heterocycles. The lowest BCUT2D eigenvalue weighted by atomic mass is 10.3. The number of rotatable bonds is 1. The molecule has 3 heteroatoms. The second kappa shape index (κ2) is 3.15. The zero-order valence-electron chi connectivity index (χ0n) is 5.54. The van der Waals surface area contributed by atoms with Crippen molar-refractivity contribution in [2.45, 2.75) is 25.7 Å². The van der Waals surface area contributed by atoms with E-state index in [9.17, 15) is 0 Å². The summed E-state index contributed by atoms with van der Waals surface area (Å²) < 4.78 is 10.1. The maximum absolute atomic E-state index is 8.93. The maximum atomic E-state index is 8.93. The molecular weight excluding hydrogens is 120 g/mol. The molecule has 1 saturated heterocycles. The van der Waals surface area contributed by atoms with Crippen LogP contribution in [0.5, 0.6) is 0 Å². The Labute approximate surface area is 54.6 Å². The molecule has 1 aliphatic rings. The fourth-order valence-electron chi connectivity index (χ4n) is 0.785. The minimum atomic E-state index is -0.509. The van der Waals surface area contributed by atoms with Crippen LogP contribution in [0.2, 0.25) is 0 Å². The van der Waals surface area contributed by atoms with Gasteiger partial charge < -0.3 is 14.6 Å². The van der Waals surface area contributed by atoms with Crippen LogP contribution >= 0.6 is 0 Å². The van der Waals surface area contributed by atoms with E-state index in [-0.39, 0.29) is 0 Å². The van der Waals surface area contributed by atoms with Gasteiger partial charge in [-0.1, -0.05) is 0 Å². The van der Waals surface area contributed by atoms with Crippen molar-refractivity contribution in [2.75, 3.05) is 13.2 Å². The first-order valence-electron chi connectivity index (χ1n) is 3.22. The Kier molecular flexibility index (Phi) is 2.45. The molecule has 1 N–H and O–H groups in total. The smallest absolute Gasteiger partial charge is 0.183 e. The second-order valence-electron chi connectivity index (χ2n) is 2.20. The van der Waals surface area contributed by atoms with Gasteiger partial charge in [0.1, 0.15) is 6.10 Å². The van der Waals surface area contributed by atoms with Gasteiger partial charge in [0.05, 0.1) is 13.2 Å². The van der Waals surface area contributed by atoms with Crippen molar-refractivity contribution in [2.24, 2.45) is 0 Å². The van der Waals surface area contributed by atoms with Crippen LogP contribution in [0.15, 0.2) is 0 Å². The van der Waals surface area contributed by atoms with Gasteiger partial charge in [-0.15, -0.1) is 0 Å². The van der Waals surface area contributed by atoms with Crippen molar-refractivity contribution in [1.29, 1.82) is 0 Å². The van der Waals surface area contributed by atoms with Crippen LogP contribution < -0.4 is 0 Å². The van der Waals surface area contributed by atoms with E-state index in [1.54, 1.807) is 6.92 Å².